The number of amides is 3. The quantitative estimate of drug-likeness (QED) is 0.250. The maximum atomic E-state index is 12.2. The summed E-state index contributed by atoms with van der Waals surface area (Å²) in [6.45, 7) is 1.64. The number of hydrogen-bond donors (Lipinski definition) is 3. The van der Waals surface area contributed by atoms with Crippen LogP contribution in [0.1, 0.15) is 11.1 Å². The van der Waals surface area contributed by atoms with E-state index in [-0.39, 0.29) is 12.5 Å². The lowest BCUT2D eigenvalue weighted by Gasteiger charge is -2.10. The summed E-state index contributed by atoms with van der Waals surface area (Å²) in [6.07, 6.45) is 1.34. The van der Waals surface area contributed by atoms with Crippen LogP contribution in [0.25, 0.3) is 0 Å². The van der Waals surface area contributed by atoms with Crippen molar-refractivity contribution in [1.82, 2.24) is 5.43 Å². The summed E-state index contributed by atoms with van der Waals surface area (Å²) in [5.74, 6) is -1.35. The molecule has 35 heavy (non-hydrogen) atoms. The number of carbonyl (C=O) groups is 3. The molecule has 0 aliphatic rings. The van der Waals surface area contributed by atoms with Crippen LogP contribution in [-0.4, -0.2) is 37.7 Å². The Balaban J connectivity index is 1.50. The number of aryl methyl sites for hydroxylation is 1. The van der Waals surface area contributed by atoms with E-state index in [9.17, 15) is 14.4 Å². The first-order valence-corrected chi connectivity index (χ1v) is 10.8. The van der Waals surface area contributed by atoms with Gasteiger partial charge in [-0.3, -0.25) is 14.4 Å². The summed E-state index contributed by atoms with van der Waals surface area (Å²) in [6, 6.07) is 18.6. The lowest BCUT2D eigenvalue weighted by Crippen LogP contribution is -2.32. The van der Waals surface area contributed by atoms with E-state index in [0.717, 1.165) is 5.56 Å². The number of nitrogens with zero attached hydrogens (tertiary/aromatic N) is 1. The van der Waals surface area contributed by atoms with E-state index in [2.05, 4.69) is 21.2 Å². The predicted octanol–water partition coefficient (Wildman–Crippen LogP) is 3.76. The van der Waals surface area contributed by atoms with Crippen molar-refractivity contribution in [2.24, 2.45) is 5.10 Å². The minimum atomic E-state index is -0.951. The van der Waals surface area contributed by atoms with Crippen LogP contribution in [0, 0.1) is 6.92 Å². The van der Waals surface area contributed by atoms with E-state index in [1.165, 1.54) is 13.3 Å². The number of carbonyl (C=O) groups excluding carboxylic acids is 3. The third-order valence-corrected chi connectivity index (χ3v) is 4.88. The highest BCUT2D eigenvalue weighted by Crippen LogP contribution is 2.23. The fourth-order valence-corrected chi connectivity index (χ4v) is 3.06. The zero-order valence-corrected chi connectivity index (χ0v) is 19.8. The fourth-order valence-electron chi connectivity index (χ4n) is 2.89. The molecule has 0 aliphatic heterocycles. The summed E-state index contributed by atoms with van der Waals surface area (Å²) < 4.78 is 10.7. The van der Waals surface area contributed by atoms with Crippen molar-refractivity contribution >= 4 is 46.9 Å². The van der Waals surface area contributed by atoms with Crippen LogP contribution in [0.2, 0.25) is 5.02 Å². The average molecular weight is 495 g/mol. The fraction of sp³-hybridized carbons (Fsp3) is 0.120. The summed E-state index contributed by atoms with van der Waals surface area (Å²) in [5, 5.41) is 9.51. The van der Waals surface area contributed by atoms with E-state index in [1.54, 1.807) is 60.7 Å². The van der Waals surface area contributed by atoms with Gasteiger partial charge >= 0.3 is 11.8 Å². The molecule has 0 aromatic heterocycles. The Bertz CT molecular complexity index is 1260. The molecule has 3 N–H and O–H groups in total. The van der Waals surface area contributed by atoms with Gasteiger partial charge in [-0.05, 0) is 54.4 Å². The van der Waals surface area contributed by atoms with Crippen molar-refractivity contribution < 1.29 is 23.9 Å². The van der Waals surface area contributed by atoms with Gasteiger partial charge in [-0.15, -0.1) is 0 Å². The second-order valence-corrected chi connectivity index (χ2v) is 7.66. The van der Waals surface area contributed by atoms with Gasteiger partial charge in [0.2, 0.25) is 0 Å². The SMILES string of the molecule is COc1ccccc1NC(=O)C(=O)N/N=C\c1cccc(OCC(=O)Nc2cc(Cl)ccc2C)c1. The maximum absolute atomic E-state index is 12.2. The van der Waals surface area contributed by atoms with Crippen molar-refractivity contribution in [1.29, 1.82) is 0 Å². The minimum absolute atomic E-state index is 0.216. The first-order chi connectivity index (χ1) is 16.9. The van der Waals surface area contributed by atoms with Gasteiger partial charge in [0.25, 0.3) is 5.91 Å². The topological polar surface area (TPSA) is 118 Å². The molecule has 3 aromatic carbocycles. The molecule has 0 atom stereocenters. The molecule has 0 aliphatic carbocycles. The molecule has 3 rings (SSSR count). The van der Waals surface area contributed by atoms with E-state index in [4.69, 9.17) is 21.1 Å². The van der Waals surface area contributed by atoms with E-state index in [0.29, 0.717) is 33.5 Å². The molecule has 10 heteroatoms. The van der Waals surface area contributed by atoms with Gasteiger partial charge < -0.3 is 20.1 Å². The molecule has 0 heterocycles. The second kappa shape index (κ2) is 12.2. The largest absolute Gasteiger partial charge is 0.495 e. The maximum Gasteiger partial charge on any atom is 0.329 e. The molecule has 0 radical (unpaired) electrons. The molecule has 0 fully saturated rings. The number of benzene rings is 3. The van der Waals surface area contributed by atoms with Crippen LogP contribution < -0.4 is 25.5 Å². The first kappa shape index (κ1) is 25.3. The van der Waals surface area contributed by atoms with Crippen molar-refractivity contribution in [3.05, 3.63) is 82.9 Å². The molecule has 0 bridgehead atoms. The van der Waals surface area contributed by atoms with E-state index < -0.39 is 11.8 Å². The Labute approximate surface area is 207 Å². The Morgan fingerprint density at radius 3 is 2.54 bits per heavy atom. The zero-order valence-electron chi connectivity index (χ0n) is 19.0. The van der Waals surface area contributed by atoms with Crippen LogP contribution in [0.3, 0.4) is 0 Å². The van der Waals surface area contributed by atoms with Crippen LogP contribution in [0.4, 0.5) is 11.4 Å². The van der Waals surface area contributed by atoms with Gasteiger partial charge in [-0.2, -0.15) is 5.10 Å². The number of hydrazone groups is 1. The first-order valence-electron chi connectivity index (χ1n) is 10.4. The summed E-state index contributed by atoms with van der Waals surface area (Å²) >= 11 is 5.97. The Morgan fingerprint density at radius 2 is 1.74 bits per heavy atom. The average Bonchev–Trinajstić information content (AvgIpc) is 2.85. The lowest BCUT2D eigenvalue weighted by atomic mass is 10.2. The van der Waals surface area contributed by atoms with Crippen molar-refractivity contribution in [2.75, 3.05) is 24.4 Å². The molecular weight excluding hydrogens is 472 g/mol. The molecular formula is C25H23ClN4O5. The number of anilines is 2. The third kappa shape index (κ3) is 7.58. The standard InChI is InChI=1S/C25H23ClN4O5/c1-16-10-11-18(26)13-21(16)28-23(31)15-35-19-7-5-6-17(12-19)14-27-30-25(33)24(32)29-20-8-3-4-9-22(20)34-2/h3-14H,15H2,1-2H3,(H,28,31)(H,29,32)(H,30,33)/b27-14-. The number of nitrogens with one attached hydrogen (secondary N) is 3. The molecule has 180 valence electrons. The third-order valence-electron chi connectivity index (χ3n) is 4.64. The highest BCUT2D eigenvalue weighted by molar-refractivity contribution is 6.39. The summed E-state index contributed by atoms with van der Waals surface area (Å²) in [7, 11) is 1.46. The molecule has 0 saturated carbocycles. The van der Waals surface area contributed by atoms with Gasteiger partial charge in [0.1, 0.15) is 11.5 Å². The Kier molecular flexibility index (Phi) is 8.80. The number of halogens is 1. The molecule has 0 spiro atoms. The van der Waals surface area contributed by atoms with Crippen LogP contribution in [0.15, 0.2) is 71.8 Å². The number of rotatable bonds is 8. The second-order valence-electron chi connectivity index (χ2n) is 7.22. The highest BCUT2D eigenvalue weighted by Gasteiger charge is 2.15. The van der Waals surface area contributed by atoms with Gasteiger partial charge in [0, 0.05) is 10.7 Å². The smallest absolute Gasteiger partial charge is 0.329 e. The zero-order chi connectivity index (χ0) is 25.2. The Morgan fingerprint density at radius 1 is 0.943 bits per heavy atom. The molecule has 9 nitrogen and oxygen atoms in total. The predicted molar refractivity (Wildman–Crippen MR) is 134 cm³/mol. The normalized spacial score (nSPS) is 10.5. The van der Waals surface area contributed by atoms with Crippen LogP contribution >= 0.6 is 11.6 Å². The molecule has 0 saturated heterocycles. The molecule has 0 unspecified atom stereocenters. The van der Waals surface area contributed by atoms with Crippen LogP contribution in [0.5, 0.6) is 11.5 Å². The van der Waals surface area contributed by atoms with Gasteiger partial charge in [-0.1, -0.05) is 41.9 Å². The Hall–Kier alpha value is -4.37. The number of methoxy groups -OCH3 is 1. The van der Waals surface area contributed by atoms with Crippen molar-refractivity contribution in [3.63, 3.8) is 0 Å². The van der Waals surface area contributed by atoms with E-state index in [1.807, 2.05) is 13.0 Å². The number of hydrogen-bond acceptors (Lipinski definition) is 6. The number of ether oxygens (including phenoxy) is 2. The van der Waals surface area contributed by atoms with E-state index >= 15 is 0 Å². The van der Waals surface area contributed by atoms with Gasteiger partial charge in [-0.25, -0.2) is 5.43 Å². The minimum Gasteiger partial charge on any atom is -0.495 e. The highest BCUT2D eigenvalue weighted by atomic mass is 35.5. The van der Waals surface area contributed by atoms with Gasteiger partial charge in [0.15, 0.2) is 6.61 Å². The lowest BCUT2D eigenvalue weighted by molar-refractivity contribution is -0.136. The van der Waals surface area contributed by atoms with Crippen molar-refractivity contribution in [2.45, 2.75) is 6.92 Å². The summed E-state index contributed by atoms with van der Waals surface area (Å²) in [4.78, 5) is 36.3. The van der Waals surface area contributed by atoms with Gasteiger partial charge in [0.05, 0.1) is 19.0 Å². The number of para-hydroxylation sites is 2. The molecule has 3 aromatic rings. The molecule has 3 amide bonds. The monoisotopic (exact) mass is 494 g/mol. The van der Waals surface area contributed by atoms with Crippen molar-refractivity contribution in [3.8, 4) is 11.5 Å². The summed E-state index contributed by atoms with van der Waals surface area (Å²) in [5.41, 5.74) is 4.58. The van der Waals surface area contributed by atoms with Crippen LogP contribution in [-0.2, 0) is 14.4 Å².